The minimum absolute atomic E-state index is 0.0885. The lowest BCUT2D eigenvalue weighted by molar-refractivity contribution is -0.385. The molecule has 1 aromatic rings. The molecule has 0 N–H and O–H groups in total. The van der Waals surface area contributed by atoms with Gasteiger partial charge in [-0.1, -0.05) is 0 Å². The van der Waals surface area contributed by atoms with Crippen LogP contribution in [0.15, 0.2) is 22.7 Å². The molecule has 0 saturated heterocycles. The van der Waals surface area contributed by atoms with Gasteiger partial charge in [0, 0.05) is 25.8 Å². The van der Waals surface area contributed by atoms with Crippen LogP contribution in [-0.2, 0) is 0 Å². The first-order valence-corrected chi connectivity index (χ1v) is 4.43. The highest BCUT2D eigenvalue weighted by molar-refractivity contribution is 9.10. The standard InChI is InChI=1S/C8H9BrN2O2/c1-10(2)6-3-4-8(11(12)13)7(9)5-6/h3-5H,1-2H3. The Labute approximate surface area is 84.4 Å². The zero-order valence-corrected chi connectivity index (χ0v) is 8.91. The molecule has 5 heteroatoms. The largest absolute Gasteiger partial charge is 0.378 e. The fourth-order valence-corrected chi connectivity index (χ4v) is 1.43. The number of hydrogen-bond donors (Lipinski definition) is 0. The van der Waals surface area contributed by atoms with Crippen molar-refractivity contribution in [1.29, 1.82) is 0 Å². The third kappa shape index (κ3) is 2.18. The van der Waals surface area contributed by atoms with Gasteiger partial charge < -0.3 is 4.90 Å². The minimum atomic E-state index is -0.413. The van der Waals surface area contributed by atoms with Crippen LogP contribution in [0.4, 0.5) is 11.4 Å². The maximum absolute atomic E-state index is 10.5. The van der Waals surface area contributed by atoms with Gasteiger partial charge in [-0.25, -0.2) is 0 Å². The Bertz CT molecular complexity index is 339. The summed E-state index contributed by atoms with van der Waals surface area (Å²) in [6, 6.07) is 4.92. The van der Waals surface area contributed by atoms with E-state index in [1.165, 1.54) is 6.07 Å². The monoisotopic (exact) mass is 244 g/mol. The first-order chi connectivity index (χ1) is 6.02. The Kier molecular flexibility index (Phi) is 2.87. The maximum atomic E-state index is 10.5. The molecule has 0 atom stereocenters. The predicted molar refractivity (Wildman–Crippen MR) is 55.1 cm³/mol. The summed E-state index contributed by atoms with van der Waals surface area (Å²) in [5.41, 5.74) is 1.02. The molecule has 0 aliphatic heterocycles. The van der Waals surface area contributed by atoms with Gasteiger partial charge in [0.15, 0.2) is 0 Å². The van der Waals surface area contributed by atoms with E-state index in [-0.39, 0.29) is 5.69 Å². The molecular formula is C8H9BrN2O2. The van der Waals surface area contributed by atoms with E-state index in [9.17, 15) is 10.1 Å². The highest BCUT2D eigenvalue weighted by Crippen LogP contribution is 2.28. The van der Waals surface area contributed by atoms with Gasteiger partial charge in [0.2, 0.25) is 0 Å². The maximum Gasteiger partial charge on any atom is 0.283 e. The van der Waals surface area contributed by atoms with Crippen molar-refractivity contribution in [3.8, 4) is 0 Å². The summed E-state index contributed by atoms with van der Waals surface area (Å²) in [4.78, 5) is 11.9. The van der Waals surface area contributed by atoms with Crippen molar-refractivity contribution < 1.29 is 4.92 Å². The molecule has 4 nitrogen and oxygen atoms in total. The summed E-state index contributed by atoms with van der Waals surface area (Å²) in [6.45, 7) is 0. The van der Waals surface area contributed by atoms with Crippen LogP contribution in [0.3, 0.4) is 0 Å². The van der Waals surface area contributed by atoms with Gasteiger partial charge in [-0.05, 0) is 28.1 Å². The van der Waals surface area contributed by atoms with E-state index in [1.54, 1.807) is 12.1 Å². The molecule has 1 aromatic carbocycles. The molecule has 0 saturated carbocycles. The Morgan fingerprint density at radius 1 is 1.46 bits per heavy atom. The topological polar surface area (TPSA) is 46.4 Å². The Morgan fingerprint density at radius 2 is 2.08 bits per heavy atom. The molecule has 0 fully saturated rings. The Morgan fingerprint density at radius 3 is 2.46 bits per heavy atom. The van der Waals surface area contributed by atoms with Gasteiger partial charge in [-0.15, -0.1) is 0 Å². The van der Waals surface area contributed by atoms with Crippen LogP contribution in [-0.4, -0.2) is 19.0 Å². The third-order valence-corrected chi connectivity index (χ3v) is 2.28. The van der Waals surface area contributed by atoms with Crippen molar-refractivity contribution in [3.63, 3.8) is 0 Å². The van der Waals surface area contributed by atoms with Crippen molar-refractivity contribution in [2.45, 2.75) is 0 Å². The summed E-state index contributed by atoms with van der Waals surface area (Å²) < 4.78 is 0.503. The quantitative estimate of drug-likeness (QED) is 0.593. The van der Waals surface area contributed by atoms with E-state index < -0.39 is 4.92 Å². The molecule has 0 bridgehead atoms. The van der Waals surface area contributed by atoms with Crippen molar-refractivity contribution in [1.82, 2.24) is 0 Å². The van der Waals surface area contributed by atoms with Crippen molar-refractivity contribution >= 4 is 27.3 Å². The zero-order valence-electron chi connectivity index (χ0n) is 7.32. The fourth-order valence-electron chi connectivity index (χ4n) is 0.922. The number of hydrogen-bond acceptors (Lipinski definition) is 3. The summed E-state index contributed by atoms with van der Waals surface area (Å²) in [6.07, 6.45) is 0. The zero-order chi connectivity index (χ0) is 10.0. The lowest BCUT2D eigenvalue weighted by atomic mass is 10.3. The van der Waals surface area contributed by atoms with Gasteiger partial charge >= 0.3 is 0 Å². The van der Waals surface area contributed by atoms with Crippen molar-refractivity contribution in [2.75, 3.05) is 19.0 Å². The molecule has 0 aliphatic rings. The van der Waals surface area contributed by atoms with E-state index in [2.05, 4.69) is 15.9 Å². The average molecular weight is 245 g/mol. The highest BCUT2D eigenvalue weighted by Gasteiger charge is 2.11. The lowest BCUT2D eigenvalue weighted by Crippen LogP contribution is -2.08. The summed E-state index contributed by atoms with van der Waals surface area (Å²) >= 11 is 3.15. The number of nitrogens with zero attached hydrogens (tertiary/aromatic N) is 2. The molecule has 0 unspecified atom stereocenters. The van der Waals surface area contributed by atoms with Crippen LogP contribution in [0.1, 0.15) is 0 Å². The van der Waals surface area contributed by atoms with E-state index in [0.717, 1.165) is 5.69 Å². The molecular weight excluding hydrogens is 236 g/mol. The molecule has 0 spiro atoms. The Hall–Kier alpha value is -1.10. The number of anilines is 1. The number of nitro benzene ring substituents is 1. The molecule has 0 radical (unpaired) electrons. The van der Waals surface area contributed by atoms with Crippen LogP contribution in [0.5, 0.6) is 0 Å². The van der Waals surface area contributed by atoms with Gasteiger partial charge in [0.1, 0.15) is 0 Å². The van der Waals surface area contributed by atoms with Gasteiger partial charge in [0.25, 0.3) is 5.69 Å². The van der Waals surface area contributed by atoms with E-state index >= 15 is 0 Å². The molecule has 0 aliphatic carbocycles. The van der Waals surface area contributed by atoms with Crippen molar-refractivity contribution in [2.24, 2.45) is 0 Å². The van der Waals surface area contributed by atoms with Crippen LogP contribution >= 0.6 is 15.9 Å². The van der Waals surface area contributed by atoms with E-state index in [0.29, 0.717) is 4.47 Å². The Balaban J connectivity index is 3.13. The smallest absolute Gasteiger partial charge is 0.283 e. The molecule has 70 valence electrons. The third-order valence-electron chi connectivity index (χ3n) is 1.64. The molecule has 13 heavy (non-hydrogen) atoms. The molecule has 1 rings (SSSR count). The fraction of sp³-hybridized carbons (Fsp3) is 0.250. The van der Waals surface area contributed by atoms with E-state index in [1.807, 2.05) is 19.0 Å². The minimum Gasteiger partial charge on any atom is -0.378 e. The second kappa shape index (κ2) is 3.74. The number of halogens is 1. The van der Waals surface area contributed by atoms with Crippen LogP contribution in [0.25, 0.3) is 0 Å². The van der Waals surface area contributed by atoms with Crippen LogP contribution in [0.2, 0.25) is 0 Å². The van der Waals surface area contributed by atoms with E-state index in [4.69, 9.17) is 0 Å². The highest BCUT2D eigenvalue weighted by atomic mass is 79.9. The van der Waals surface area contributed by atoms with Crippen LogP contribution < -0.4 is 4.90 Å². The average Bonchev–Trinajstić information content (AvgIpc) is 2.03. The second-order valence-corrected chi connectivity index (χ2v) is 3.64. The summed E-state index contributed by atoms with van der Waals surface area (Å²) in [5.74, 6) is 0. The predicted octanol–water partition coefficient (Wildman–Crippen LogP) is 2.42. The van der Waals surface area contributed by atoms with Crippen LogP contribution in [0, 0.1) is 10.1 Å². The first-order valence-electron chi connectivity index (χ1n) is 3.63. The summed E-state index contributed by atoms with van der Waals surface area (Å²) in [5, 5.41) is 10.5. The number of benzene rings is 1. The van der Waals surface area contributed by atoms with Gasteiger partial charge in [-0.3, -0.25) is 10.1 Å². The number of nitro groups is 1. The normalized spacial score (nSPS) is 9.77. The van der Waals surface area contributed by atoms with Gasteiger partial charge in [-0.2, -0.15) is 0 Å². The van der Waals surface area contributed by atoms with Crippen molar-refractivity contribution in [3.05, 3.63) is 32.8 Å². The second-order valence-electron chi connectivity index (χ2n) is 2.79. The first kappa shape index (κ1) is 9.98. The summed E-state index contributed by atoms with van der Waals surface area (Å²) in [7, 11) is 3.77. The SMILES string of the molecule is CN(C)c1ccc([N+](=O)[O-])c(Br)c1. The number of rotatable bonds is 2. The molecule has 0 heterocycles. The van der Waals surface area contributed by atoms with Gasteiger partial charge in [0.05, 0.1) is 9.40 Å². The molecule has 0 aromatic heterocycles. The lowest BCUT2D eigenvalue weighted by Gasteiger charge is -2.11. The molecule has 0 amide bonds.